The second-order valence-corrected chi connectivity index (χ2v) is 6.88. The van der Waals surface area contributed by atoms with E-state index in [0.29, 0.717) is 18.9 Å². The molecule has 7 heteroatoms. The maximum Gasteiger partial charge on any atom is 0.321 e. The van der Waals surface area contributed by atoms with Crippen LogP contribution in [0.1, 0.15) is 33.1 Å². The van der Waals surface area contributed by atoms with Gasteiger partial charge in [-0.1, -0.05) is 13.8 Å². The first-order chi connectivity index (χ1) is 9.87. The van der Waals surface area contributed by atoms with Crippen LogP contribution in [0.15, 0.2) is 0 Å². The van der Waals surface area contributed by atoms with Crippen LogP contribution in [0.4, 0.5) is 4.79 Å². The number of thioether (sulfide) groups is 1. The van der Waals surface area contributed by atoms with Crippen molar-refractivity contribution < 1.29 is 19.1 Å². The van der Waals surface area contributed by atoms with E-state index in [1.54, 1.807) is 0 Å². The van der Waals surface area contributed by atoms with Crippen molar-refractivity contribution in [1.29, 1.82) is 0 Å². The molecule has 0 aromatic carbocycles. The number of ether oxygens (including phenoxy) is 1. The lowest BCUT2D eigenvalue weighted by Crippen LogP contribution is -2.41. The quantitative estimate of drug-likeness (QED) is 0.664. The van der Waals surface area contributed by atoms with Gasteiger partial charge in [-0.05, 0) is 29.9 Å². The standard InChI is InChI=1S/C14H24N2O4S/c1-10(2)7-15-13(19)16-11(17)8-21-9-14(4-5-14)6-12(18)20-3/h10H,4-9H2,1-3H3,(H2,15,16,17,19). The van der Waals surface area contributed by atoms with Crippen molar-refractivity contribution in [2.24, 2.45) is 11.3 Å². The SMILES string of the molecule is COC(=O)CC1(CSCC(=O)NC(=O)NCC(C)C)CC1. The zero-order valence-electron chi connectivity index (χ0n) is 12.9. The number of hydrogen-bond acceptors (Lipinski definition) is 5. The molecule has 1 saturated carbocycles. The Kier molecular flexibility index (Phi) is 7.01. The Bertz CT molecular complexity index is 394. The van der Waals surface area contributed by atoms with E-state index < -0.39 is 6.03 Å². The number of esters is 1. The van der Waals surface area contributed by atoms with Crippen molar-refractivity contribution in [3.8, 4) is 0 Å². The molecular formula is C14H24N2O4S. The smallest absolute Gasteiger partial charge is 0.321 e. The van der Waals surface area contributed by atoms with Crippen LogP contribution in [-0.4, -0.2) is 43.1 Å². The average molecular weight is 316 g/mol. The number of imide groups is 1. The summed E-state index contributed by atoms with van der Waals surface area (Å²) in [4.78, 5) is 34.3. The molecule has 21 heavy (non-hydrogen) atoms. The van der Waals surface area contributed by atoms with Gasteiger partial charge in [0.1, 0.15) is 0 Å². The molecule has 0 radical (unpaired) electrons. The Balaban J connectivity index is 2.16. The van der Waals surface area contributed by atoms with Gasteiger partial charge < -0.3 is 10.1 Å². The molecule has 0 atom stereocenters. The topological polar surface area (TPSA) is 84.5 Å². The Hall–Kier alpha value is -1.24. The molecule has 0 aliphatic heterocycles. The van der Waals surface area contributed by atoms with E-state index in [9.17, 15) is 14.4 Å². The summed E-state index contributed by atoms with van der Waals surface area (Å²) >= 11 is 1.45. The number of nitrogens with one attached hydrogen (secondary N) is 2. The van der Waals surface area contributed by atoms with Gasteiger partial charge in [-0.25, -0.2) is 4.79 Å². The lowest BCUT2D eigenvalue weighted by molar-refractivity contribution is -0.141. The fraction of sp³-hybridized carbons (Fsp3) is 0.786. The summed E-state index contributed by atoms with van der Waals surface area (Å²) in [6.07, 6.45) is 2.39. The minimum Gasteiger partial charge on any atom is -0.469 e. The predicted molar refractivity (Wildman–Crippen MR) is 82.0 cm³/mol. The molecule has 6 nitrogen and oxygen atoms in total. The van der Waals surface area contributed by atoms with E-state index in [1.165, 1.54) is 18.9 Å². The molecule has 1 rings (SSSR count). The van der Waals surface area contributed by atoms with Crippen LogP contribution in [0.3, 0.4) is 0 Å². The Morgan fingerprint density at radius 1 is 1.29 bits per heavy atom. The highest BCUT2D eigenvalue weighted by molar-refractivity contribution is 8.00. The normalized spacial score (nSPS) is 15.4. The lowest BCUT2D eigenvalue weighted by Gasteiger charge is -2.13. The van der Waals surface area contributed by atoms with Gasteiger partial charge in [0.2, 0.25) is 5.91 Å². The summed E-state index contributed by atoms with van der Waals surface area (Å²) in [7, 11) is 1.38. The number of hydrogen-bond donors (Lipinski definition) is 2. The second-order valence-electron chi connectivity index (χ2n) is 5.90. The number of urea groups is 1. The van der Waals surface area contributed by atoms with Crippen molar-refractivity contribution in [2.75, 3.05) is 25.2 Å². The van der Waals surface area contributed by atoms with Gasteiger partial charge in [0.15, 0.2) is 0 Å². The van der Waals surface area contributed by atoms with Gasteiger partial charge in [0, 0.05) is 6.54 Å². The number of methoxy groups -OCH3 is 1. The highest BCUT2D eigenvalue weighted by Crippen LogP contribution is 2.51. The lowest BCUT2D eigenvalue weighted by atomic mass is 10.1. The monoisotopic (exact) mass is 316 g/mol. The Labute approximate surface area is 129 Å². The van der Waals surface area contributed by atoms with Gasteiger partial charge in [0.25, 0.3) is 0 Å². The third-order valence-electron chi connectivity index (χ3n) is 3.27. The first-order valence-corrected chi connectivity index (χ1v) is 8.24. The summed E-state index contributed by atoms with van der Waals surface area (Å²) in [5.74, 6) is 0.787. The van der Waals surface area contributed by atoms with Crippen LogP contribution in [0.2, 0.25) is 0 Å². The van der Waals surface area contributed by atoms with Crippen LogP contribution < -0.4 is 10.6 Å². The molecule has 0 aromatic rings. The van der Waals surface area contributed by atoms with Crippen molar-refractivity contribution in [3.63, 3.8) is 0 Å². The Morgan fingerprint density at radius 2 is 1.95 bits per heavy atom. The number of amides is 3. The molecule has 0 unspecified atom stereocenters. The largest absolute Gasteiger partial charge is 0.469 e. The first-order valence-electron chi connectivity index (χ1n) is 7.09. The molecule has 0 aromatic heterocycles. The summed E-state index contributed by atoms with van der Waals surface area (Å²) in [6.45, 7) is 4.50. The molecule has 1 aliphatic carbocycles. The molecule has 3 amide bonds. The Morgan fingerprint density at radius 3 is 2.48 bits per heavy atom. The molecule has 1 aliphatic rings. The van der Waals surface area contributed by atoms with Crippen LogP contribution >= 0.6 is 11.8 Å². The number of carbonyl (C=O) groups is 3. The van der Waals surface area contributed by atoms with E-state index in [0.717, 1.165) is 18.6 Å². The van der Waals surface area contributed by atoms with Crippen LogP contribution in [-0.2, 0) is 14.3 Å². The highest BCUT2D eigenvalue weighted by atomic mass is 32.2. The zero-order chi connectivity index (χ0) is 15.9. The molecule has 1 fully saturated rings. The van der Waals surface area contributed by atoms with Gasteiger partial charge in [-0.3, -0.25) is 14.9 Å². The maximum absolute atomic E-state index is 11.6. The summed E-state index contributed by atoms with van der Waals surface area (Å²) < 4.78 is 4.67. The van der Waals surface area contributed by atoms with Gasteiger partial charge >= 0.3 is 12.0 Å². The predicted octanol–water partition coefficient (Wildman–Crippen LogP) is 1.54. The van der Waals surface area contributed by atoms with Gasteiger partial charge in [-0.2, -0.15) is 11.8 Å². The third kappa shape index (κ3) is 7.36. The molecule has 120 valence electrons. The van der Waals surface area contributed by atoms with E-state index in [-0.39, 0.29) is 23.0 Å². The molecular weight excluding hydrogens is 292 g/mol. The summed E-state index contributed by atoms with van der Waals surface area (Å²) in [6, 6.07) is -0.454. The third-order valence-corrected chi connectivity index (χ3v) is 4.55. The van der Waals surface area contributed by atoms with Crippen molar-refractivity contribution in [2.45, 2.75) is 33.1 Å². The van der Waals surface area contributed by atoms with Gasteiger partial charge in [-0.15, -0.1) is 0 Å². The molecule has 0 saturated heterocycles. The average Bonchev–Trinajstić information content (AvgIpc) is 3.16. The number of carbonyl (C=O) groups excluding carboxylic acids is 3. The second kappa shape index (κ2) is 8.26. The van der Waals surface area contributed by atoms with E-state index in [4.69, 9.17) is 0 Å². The van der Waals surface area contributed by atoms with Crippen molar-refractivity contribution in [3.05, 3.63) is 0 Å². The molecule has 0 spiro atoms. The fourth-order valence-electron chi connectivity index (χ4n) is 1.79. The summed E-state index contributed by atoms with van der Waals surface area (Å²) in [5.41, 5.74) is -0.00204. The van der Waals surface area contributed by atoms with E-state index in [2.05, 4.69) is 15.4 Å². The van der Waals surface area contributed by atoms with Crippen LogP contribution in [0.25, 0.3) is 0 Å². The molecule has 2 N–H and O–H groups in total. The minimum atomic E-state index is -0.454. The van der Waals surface area contributed by atoms with E-state index >= 15 is 0 Å². The maximum atomic E-state index is 11.6. The number of rotatable bonds is 8. The van der Waals surface area contributed by atoms with Crippen LogP contribution in [0.5, 0.6) is 0 Å². The van der Waals surface area contributed by atoms with Crippen molar-refractivity contribution >= 4 is 29.7 Å². The van der Waals surface area contributed by atoms with Crippen LogP contribution in [0, 0.1) is 11.3 Å². The zero-order valence-corrected chi connectivity index (χ0v) is 13.7. The van der Waals surface area contributed by atoms with E-state index in [1.807, 2.05) is 13.8 Å². The van der Waals surface area contributed by atoms with Crippen molar-refractivity contribution in [1.82, 2.24) is 10.6 Å². The van der Waals surface area contributed by atoms with Gasteiger partial charge in [0.05, 0.1) is 19.3 Å². The minimum absolute atomic E-state index is 0.00204. The fourth-order valence-corrected chi connectivity index (χ4v) is 2.97. The molecule has 0 heterocycles. The highest BCUT2D eigenvalue weighted by Gasteiger charge is 2.44. The summed E-state index contributed by atoms with van der Waals surface area (Å²) in [5, 5.41) is 4.92. The molecule has 0 bridgehead atoms. The first kappa shape index (κ1) is 17.8.